The Morgan fingerprint density at radius 2 is 2.21 bits per heavy atom. The molecule has 3 heterocycles. The standard InChI is InChI=1S/C16H24N4O3S/c1-16(2,3)23-15(22)20-7-5-10(9-20)13(21)19-14-18-11-4-6-17-8-12(11)24-14/h10,17H,4-9H2,1-3H3,(H,18,19,21). The number of nitrogens with zero attached hydrogens (tertiary/aromatic N) is 2. The van der Waals surface area contributed by atoms with Crippen LogP contribution in [0.1, 0.15) is 37.8 Å². The molecule has 0 spiro atoms. The summed E-state index contributed by atoms with van der Waals surface area (Å²) in [5.74, 6) is -0.281. The molecule has 2 aliphatic rings. The summed E-state index contributed by atoms with van der Waals surface area (Å²) in [5.41, 5.74) is 0.557. The lowest BCUT2D eigenvalue weighted by Crippen LogP contribution is -2.36. The van der Waals surface area contributed by atoms with Crippen LogP contribution in [0.4, 0.5) is 9.93 Å². The maximum atomic E-state index is 12.4. The summed E-state index contributed by atoms with van der Waals surface area (Å²) in [6.45, 7) is 8.20. The van der Waals surface area contributed by atoms with Crippen LogP contribution >= 0.6 is 11.3 Å². The first-order chi connectivity index (χ1) is 11.3. The zero-order valence-electron chi connectivity index (χ0n) is 14.3. The highest BCUT2D eigenvalue weighted by molar-refractivity contribution is 7.15. The molecule has 0 saturated carbocycles. The minimum atomic E-state index is -0.522. The summed E-state index contributed by atoms with van der Waals surface area (Å²) in [6, 6.07) is 0. The summed E-state index contributed by atoms with van der Waals surface area (Å²) in [7, 11) is 0. The first kappa shape index (κ1) is 17.2. The van der Waals surface area contributed by atoms with E-state index >= 15 is 0 Å². The van der Waals surface area contributed by atoms with Crippen molar-refractivity contribution in [2.75, 3.05) is 25.0 Å². The molecule has 1 saturated heterocycles. The fraction of sp³-hybridized carbons (Fsp3) is 0.688. The number of carbonyl (C=O) groups excluding carboxylic acids is 2. The molecule has 2 N–H and O–H groups in total. The van der Waals surface area contributed by atoms with Crippen LogP contribution in [0.2, 0.25) is 0 Å². The molecule has 0 aliphatic carbocycles. The molecule has 0 radical (unpaired) electrons. The van der Waals surface area contributed by atoms with Crippen molar-refractivity contribution >= 4 is 28.5 Å². The quantitative estimate of drug-likeness (QED) is 0.850. The normalized spacial score (nSPS) is 20.6. The summed E-state index contributed by atoms with van der Waals surface area (Å²) < 4.78 is 5.36. The largest absolute Gasteiger partial charge is 0.444 e. The zero-order valence-corrected chi connectivity index (χ0v) is 15.2. The van der Waals surface area contributed by atoms with E-state index in [0.717, 1.165) is 25.2 Å². The molecule has 1 unspecified atom stereocenters. The van der Waals surface area contributed by atoms with Crippen molar-refractivity contribution in [2.24, 2.45) is 5.92 Å². The highest BCUT2D eigenvalue weighted by Crippen LogP contribution is 2.27. The first-order valence-electron chi connectivity index (χ1n) is 8.30. The number of thiazole rings is 1. The van der Waals surface area contributed by atoms with E-state index in [1.807, 2.05) is 20.8 Å². The smallest absolute Gasteiger partial charge is 0.410 e. The number of aromatic nitrogens is 1. The Bertz CT molecular complexity index is 614. The fourth-order valence-corrected chi connectivity index (χ4v) is 3.83. The van der Waals surface area contributed by atoms with Gasteiger partial charge in [0.2, 0.25) is 5.91 Å². The lowest BCUT2D eigenvalue weighted by atomic mass is 10.1. The second-order valence-corrected chi connectivity index (χ2v) is 8.30. The number of rotatable bonds is 2. The third-order valence-electron chi connectivity index (χ3n) is 4.04. The van der Waals surface area contributed by atoms with Crippen molar-refractivity contribution in [3.8, 4) is 0 Å². The molecule has 24 heavy (non-hydrogen) atoms. The molecule has 3 rings (SSSR count). The molecule has 0 bridgehead atoms. The molecular formula is C16H24N4O3S. The van der Waals surface area contributed by atoms with Gasteiger partial charge in [0.1, 0.15) is 5.60 Å². The van der Waals surface area contributed by atoms with Gasteiger partial charge in [-0.1, -0.05) is 0 Å². The monoisotopic (exact) mass is 352 g/mol. The molecule has 2 aliphatic heterocycles. The number of hydrogen-bond donors (Lipinski definition) is 2. The van der Waals surface area contributed by atoms with Crippen molar-refractivity contribution in [3.05, 3.63) is 10.6 Å². The Hall–Kier alpha value is -1.67. The van der Waals surface area contributed by atoms with Crippen LogP contribution in [0.3, 0.4) is 0 Å². The number of ether oxygens (including phenoxy) is 1. The van der Waals surface area contributed by atoms with Gasteiger partial charge in [-0.3, -0.25) is 4.79 Å². The van der Waals surface area contributed by atoms with Crippen LogP contribution in [0.25, 0.3) is 0 Å². The second kappa shape index (κ2) is 6.68. The van der Waals surface area contributed by atoms with Gasteiger partial charge in [-0.15, -0.1) is 11.3 Å². The molecule has 7 nitrogen and oxygen atoms in total. The Morgan fingerprint density at radius 3 is 2.92 bits per heavy atom. The topological polar surface area (TPSA) is 83.6 Å². The number of carbonyl (C=O) groups is 2. The van der Waals surface area contributed by atoms with E-state index in [0.29, 0.717) is 24.6 Å². The van der Waals surface area contributed by atoms with Gasteiger partial charge >= 0.3 is 6.09 Å². The van der Waals surface area contributed by atoms with Gasteiger partial charge in [0.25, 0.3) is 0 Å². The average Bonchev–Trinajstić information content (AvgIpc) is 3.11. The zero-order chi connectivity index (χ0) is 17.3. The van der Waals surface area contributed by atoms with E-state index in [4.69, 9.17) is 4.74 Å². The molecule has 132 valence electrons. The number of amides is 2. The van der Waals surface area contributed by atoms with Crippen LogP contribution in [0, 0.1) is 5.92 Å². The average molecular weight is 352 g/mol. The Balaban J connectivity index is 1.55. The van der Waals surface area contributed by atoms with E-state index in [2.05, 4.69) is 15.6 Å². The molecule has 2 amide bonds. The van der Waals surface area contributed by atoms with Gasteiger partial charge in [-0.25, -0.2) is 9.78 Å². The maximum absolute atomic E-state index is 12.4. The van der Waals surface area contributed by atoms with Crippen molar-refractivity contribution in [1.82, 2.24) is 15.2 Å². The predicted octanol–water partition coefficient (Wildman–Crippen LogP) is 1.98. The van der Waals surface area contributed by atoms with Gasteiger partial charge in [0, 0.05) is 37.5 Å². The van der Waals surface area contributed by atoms with E-state index in [-0.39, 0.29) is 17.9 Å². The lowest BCUT2D eigenvalue weighted by Gasteiger charge is -2.24. The number of hydrogen-bond acceptors (Lipinski definition) is 6. The summed E-state index contributed by atoms with van der Waals surface area (Å²) >= 11 is 1.53. The van der Waals surface area contributed by atoms with Gasteiger partial charge in [-0.05, 0) is 27.2 Å². The Morgan fingerprint density at radius 1 is 1.42 bits per heavy atom. The lowest BCUT2D eigenvalue weighted by molar-refractivity contribution is -0.119. The van der Waals surface area contributed by atoms with E-state index in [1.54, 1.807) is 4.90 Å². The SMILES string of the molecule is CC(C)(C)OC(=O)N1CCC(C(=O)Nc2nc3c(s2)CNCC3)C1. The highest BCUT2D eigenvalue weighted by Gasteiger charge is 2.33. The van der Waals surface area contributed by atoms with Crippen molar-refractivity contribution in [3.63, 3.8) is 0 Å². The van der Waals surface area contributed by atoms with Gasteiger partial charge in [0.15, 0.2) is 5.13 Å². The van der Waals surface area contributed by atoms with Crippen LogP contribution in [-0.4, -0.2) is 47.1 Å². The third kappa shape index (κ3) is 4.05. The Kier molecular flexibility index (Phi) is 4.78. The highest BCUT2D eigenvalue weighted by atomic mass is 32.1. The van der Waals surface area contributed by atoms with Crippen molar-refractivity contribution in [1.29, 1.82) is 0 Å². The maximum Gasteiger partial charge on any atom is 0.410 e. The third-order valence-corrected chi connectivity index (χ3v) is 5.06. The second-order valence-electron chi connectivity index (χ2n) is 7.22. The number of nitrogens with one attached hydrogen (secondary N) is 2. The predicted molar refractivity (Wildman–Crippen MR) is 92.1 cm³/mol. The molecule has 1 aromatic heterocycles. The fourth-order valence-electron chi connectivity index (χ4n) is 2.85. The van der Waals surface area contributed by atoms with Gasteiger partial charge in [-0.2, -0.15) is 0 Å². The molecule has 1 fully saturated rings. The summed E-state index contributed by atoms with van der Waals surface area (Å²) in [6.07, 6.45) is 1.20. The number of likely N-dealkylation sites (tertiary alicyclic amines) is 1. The van der Waals surface area contributed by atoms with Crippen molar-refractivity contribution < 1.29 is 14.3 Å². The molecule has 1 atom stereocenters. The van der Waals surface area contributed by atoms with Gasteiger partial charge < -0.3 is 20.3 Å². The van der Waals surface area contributed by atoms with E-state index in [9.17, 15) is 9.59 Å². The minimum Gasteiger partial charge on any atom is -0.444 e. The molecular weight excluding hydrogens is 328 g/mol. The molecule has 0 aromatic carbocycles. The van der Waals surface area contributed by atoms with Crippen molar-refractivity contribution in [2.45, 2.75) is 45.8 Å². The minimum absolute atomic E-state index is 0.0693. The van der Waals surface area contributed by atoms with E-state index in [1.165, 1.54) is 16.2 Å². The van der Waals surface area contributed by atoms with Crippen LogP contribution in [0.15, 0.2) is 0 Å². The van der Waals surface area contributed by atoms with Crippen LogP contribution in [-0.2, 0) is 22.5 Å². The van der Waals surface area contributed by atoms with Crippen LogP contribution in [0.5, 0.6) is 0 Å². The number of anilines is 1. The number of fused-ring (bicyclic) bond motifs is 1. The van der Waals surface area contributed by atoms with Gasteiger partial charge in [0.05, 0.1) is 11.6 Å². The van der Waals surface area contributed by atoms with Crippen LogP contribution < -0.4 is 10.6 Å². The molecule has 8 heteroatoms. The summed E-state index contributed by atoms with van der Waals surface area (Å²) in [5, 5.41) is 6.87. The van der Waals surface area contributed by atoms with E-state index < -0.39 is 5.60 Å². The summed E-state index contributed by atoms with van der Waals surface area (Å²) in [4.78, 5) is 31.8. The Labute approximate surface area is 145 Å². The molecule has 1 aromatic rings. The first-order valence-corrected chi connectivity index (χ1v) is 9.11.